The van der Waals surface area contributed by atoms with Crippen LogP contribution in [0.4, 0.5) is 0 Å². The maximum Gasteiger partial charge on any atom is 0.0519 e. The standard InChI is InChI=1S/C3H8S2.C2H6OS/c4-2-1-3-5;3-1-2-4/h4-5H,1-3H2;3-4H,1-2H2. The average molecular weight is 186 g/mol. The van der Waals surface area contributed by atoms with E-state index in [1.165, 1.54) is 0 Å². The zero-order valence-corrected chi connectivity index (χ0v) is 8.01. The van der Waals surface area contributed by atoms with E-state index in [4.69, 9.17) is 5.11 Å². The molecule has 0 bridgehead atoms. The van der Waals surface area contributed by atoms with Gasteiger partial charge in [0.15, 0.2) is 0 Å². The van der Waals surface area contributed by atoms with Crippen molar-refractivity contribution in [3.8, 4) is 0 Å². The molecule has 0 unspecified atom stereocenters. The molecule has 58 valence electrons. The van der Waals surface area contributed by atoms with E-state index < -0.39 is 0 Å². The zero-order chi connectivity index (χ0) is 7.54. The van der Waals surface area contributed by atoms with Crippen molar-refractivity contribution < 1.29 is 5.11 Å². The Morgan fingerprint density at radius 2 is 1.22 bits per heavy atom. The first kappa shape index (κ1) is 12.7. The minimum Gasteiger partial charge on any atom is -0.396 e. The van der Waals surface area contributed by atoms with E-state index in [0.29, 0.717) is 5.75 Å². The lowest BCUT2D eigenvalue weighted by Gasteiger charge is -1.78. The van der Waals surface area contributed by atoms with Crippen LogP contribution in [-0.4, -0.2) is 29.0 Å². The number of hydrogen-bond acceptors (Lipinski definition) is 4. The Labute approximate surface area is 73.5 Å². The van der Waals surface area contributed by atoms with Crippen LogP contribution < -0.4 is 0 Å². The van der Waals surface area contributed by atoms with Crippen molar-refractivity contribution in [1.82, 2.24) is 0 Å². The van der Waals surface area contributed by atoms with Gasteiger partial charge in [-0.15, -0.1) is 0 Å². The van der Waals surface area contributed by atoms with E-state index in [-0.39, 0.29) is 6.61 Å². The molecule has 0 aliphatic rings. The van der Waals surface area contributed by atoms with Crippen LogP contribution in [0.1, 0.15) is 6.42 Å². The number of aliphatic hydroxyl groups excluding tert-OH is 1. The highest BCUT2D eigenvalue weighted by atomic mass is 32.1. The smallest absolute Gasteiger partial charge is 0.0519 e. The summed E-state index contributed by atoms with van der Waals surface area (Å²) in [5.41, 5.74) is 0. The third kappa shape index (κ3) is 27.5. The van der Waals surface area contributed by atoms with Gasteiger partial charge in [0.05, 0.1) is 6.61 Å². The third-order valence-electron chi connectivity index (χ3n) is 0.416. The summed E-state index contributed by atoms with van der Waals surface area (Å²) in [5.74, 6) is 2.49. The second kappa shape index (κ2) is 16.0. The van der Waals surface area contributed by atoms with E-state index in [0.717, 1.165) is 17.9 Å². The maximum absolute atomic E-state index is 7.80. The van der Waals surface area contributed by atoms with E-state index in [1.807, 2.05) is 0 Å². The second-order valence-electron chi connectivity index (χ2n) is 1.25. The minimum absolute atomic E-state index is 0.184. The molecule has 0 radical (unpaired) electrons. The summed E-state index contributed by atoms with van der Waals surface area (Å²) < 4.78 is 0. The van der Waals surface area contributed by atoms with Crippen LogP contribution in [0, 0.1) is 0 Å². The predicted octanol–water partition coefficient (Wildman–Crippen LogP) is 1.14. The Morgan fingerprint density at radius 3 is 1.22 bits per heavy atom. The fourth-order valence-corrected chi connectivity index (χ4v) is 0.636. The Balaban J connectivity index is 0. The molecule has 4 heteroatoms. The number of hydrogen-bond donors (Lipinski definition) is 4. The lowest BCUT2D eigenvalue weighted by atomic mass is 10.6. The highest BCUT2D eigenvalue weighted by molar-refractivity contribution is 7.81. The van der Waals surface area contributed by atoms with Crippen molar-refractivity contribution in [3.63, 3.8) is 0 Å². The molecule has 0 saturated heterocycles. The Morgan fingerprint density at radius 1 is 0.889 bits per heavy atom. The molecule has 0 aliphatic carbocycles. The molecule has 0 aromatic carbocycles. The first-order valence-electron chi connectivity index (χ1n) is 2.76. The molecule has 0 saturated carbocycles. The zero-order valence-electron chi connectivity index (χ0n) is 5.32. The van der Waals surface area contributed by atoms with Gasteiger partial charge in [-0.25, -0.2) is 0 Å². The summed E-state index contributed by atoms with van der Waals surface area (Å²) in [6, 6.07) is 0. The molecule has 0 atom stereocenters. The van der Waals surface area contributed by atoms with Gasteiger partial charge in [0.25, 0.3) is 0 Å². The van der Waals surface area contributed by atoms with Gasteiger partial charge in [0.2, 0.25) is 0 Å². The molecule has 0 fully saturated rings. The molecule has 0 spiro atoms. The van der Waals surface area contributed by atoms with Crippen LogP contribution in [-0.2, 0) is 0 Å². The van der Waals surface area contributed by atoms with Crippen molar-refractivity contribution in [3.05, 3.63) is 0 Å². The lowest BCUT2D eigenvalue weighted by molar-refractivity contribution is 0.323. The van der Waals surface area contributed by atoms with Crippen LogP contribution in [0.5, 0.6) is 0 Å². The summed E-state index contributed by atoms with van der Waals surface area (Å²) in [7, 11) is 0. The molecule has 0 heterocycles. The molecule has 1 nitrogen and oxygen atoms in total. The molecular weight excluding hydrogens is 172 g/mol. The van der Waals surface area contributed by atoms with Gasteiger partial charge in [-0.3, -0.25) is 0 Å². The van der Waals surface area contributed by atoms with Crippen molar-refractivity contribution in [2.45, 2.75) is 6.42 Å². The van der Waals surface area contributed by atoms with Gasteiger partial charge >= 0.3 is 0 Å². The molecule has 0 aliphatic heterocycles. The topological polar surface area (TPSA) is 20.2 Å². The molecular formula is C5H14OS3. The molecule has 0 rings (SSSR count). The van der Waals surface area contributed by atoms with Gasteiger partial charge in [0.1, 0.15) is 0 Å². The lowest BCUT2D eigenvalue weighted by Crippen LogP contribution is -1.76. The minimum atomic E-state index is 0.184. The highest BCUT2D eigenvalue weighted by Gasteiger charge is 1.69. The van der Waals surface area contributed by atoms with E-state index in [9.17, 15) is 0 Å². The normalized spacial score (nSPS) is 8.00. The van der Waals surface area contributed by atoms with Crippen LogP contribution >= 0.6 is 37.9 Å². The van der Waals surface area contributed by atoms with Crippen molar-refractivity contribution in [1.29, 1.82) is 0 Å². The van der Waals surface area contributed by atoms with Crippen molar-refractivity contribution in [2.75, 3.05) is 23.9 Å². The van der Waals surface area contributed by atoms with Gasteiger partial charge in [-0.2, -0.15) is 37.9 Å². The van der Waals surface area contributed by atoms with E-state index >= 15 is 0 Å². The largest absolute Gasteiger partial charge is 0.396 e. The van der Waals surface area contributed by atoms with Gasteiger partial charge in [0, 0.05) is 5.75 Å². The second-order valence-corrected chi connectivity index (χ2v) is 2.59. The highest BCUT2D eigenvalue weighted by Crippen LogP contribution is 1.83. The molecule has 0 aromatic rings. The summed E-state index contributed by atoms with van der Waals surface area (Å²) >= 11 is 11.6. The van der Waals surface area contributed by atoms with Crippen LogP contribution in [0.3, 0.4) is 0 Å². The number of thiol groups is 3. The summed E-state index contributed by atoms with van der Waals surface area (Å²) in [6.07, 6.45) is 1.12. The fraction of sp³-hybridized carbons (Fsp3) is 1.00. The summed E-state index contributed by atoms with van der Waals surface area (Å²) in [6.45, 7) is 0.184. The predicted molar refractivity (Wildman–Crippen MR) is 53.3 cm³/mol. The number of aliphatic hydroxyl groups is 1. The Kier molecular flexibility index (Phi) is 22.5. The van der Waals surface area contributed by atoms with Gasteiger partial charge in [-0.05, 0) is 17.9 Å². The molecule has 9 heavy (non-hydrogen) atoms. The Bertz CT molecular complexity index is 31.4. The average Bonchev–Trinajstić information content (AvgIpc) is 1.91. The number of rotatable bonds is 3. The van der Waals surface area contributed by atoms with E-state index in [1.54, 1.807) is 0 Å². The summed E-state index contributed by atoms with van der Waals surface area (Å²) in [4.78, 5) is 0. The monoisotopic (exact) mass is 186 g/mol. The van der Waals surface area contributed by atoms with Gasteiger partial charge in [-0.1, -0.05) is 0 Å². The third-order valence-corrected chi connectivity index (χ3v) is 1.25. The van der Waals surface area contributed by atoms with Crippen LogP contribution in [0.15, 0.2) is 0 Å². The first-order valence-corrected chi connectivity index (χ1v) is 4.66. The molecule has 1 N–H and O–H groups in total. The van der Waals surface area contributed by atoms with Gasteiger partial charge < -0.3 is 5.11 Å². The SMILES string of the molecule is OCCS.SCCCS. The van der Waals surface area contributed by atoms with Crippen molar-refractivity contribution >= 4 is 37.9 Å². The van der Waals surface area contributed by atoms with E-state index in [2.05, 4.69) is 37.9 Å². The van der Waals surface area contributed by atoms with Crippen molar-refractivity contribution in [2.24, 2.45) is 0 Å². The first-order chi connectivity index (χ1) is 4.33. The fourth-order valence-electron chi connectivity index (χ4n) is 0.0707. The Hall–Kier alpha value is 1.01. The quantitative estimate of drug-likeness (QED) is 0.487. The maximum atomic E-state index is 7.80. The molecule has 0 amide bonds. The van der Waals surface area contributed by atoms with Crippen LogP contribution in [0.2, 0.25) is 0 Å². The summed E-state index contributed by atoms with van der Waals surface area (Å²) in [5, 5.41) is 7.80. The van der Waals surface area contributed by atoms with Crippen LogP contribution in [0.25, 0.3) is 0 Å². The molecule has 0 aromatic heterocycles.